The lowest BCUT2D eigenvalue weighted by Crippen LogP contribution is -2.17. The van der Waals surface area contributed by atoms with Crippen LogP contribution >= 0.6 is 0 Å². The molecule has 1 fully saturated rings. The topological polar surface area (TPSA) is 57.5 Å². The number of nitrogens with one attached hydrogen (secondary N) is 1. The minimum absolute atomic E-state index is 0.139. The Morgan fingerprint density at radius 3 is 2.64 bits per heavy atom. The van der Waals surface area contributed by atoms with Crippen molar-refractivity contribution in [1.82, 2.24) is 5.32 Å². The number of carbonyl (C=O) groups is 1. The average Bonchev–Trinajstić information content (AvgIpc) is 3.02. The molecule has 1 aliphatic rings. The summed E-state index contributed by atoms with van der Waals surface area (Å²) in [6.45, 7) is 0.702. The van der Waals surface area contributed by atoms with Crippen molar-refractivity contribution in [2.75, 3.05) is 13.7 Å². The molecule has 1 heterocycles. The van der Waals surface area contributed by atoms with E-state index in [1.54, 1.807) is 25.3 Å². The first-order chi connectivity index (χ1) is 6.81. The maximum Gasteiger partial charge on any atom is 0.329 e. The molecule has 1 aromatic rings. The summed E-state index contributed by atoms with van der Waals surface area (Å²) < 4.78 is 10.2. The molecule has 1 aromatic carbocycles. The molecule has 1 atom stereocenters. The first kappa shape index (κ1) is 9.02. The highest BCUT2D eigenvalue weighted by Crippen LogP contribution is 2.26. The van der Waals surface area contributed by atoms with Crippen LogP contribution in [0.3, 0.4) is 0 Å². The van der Waals surface area contributed by atoms with Crippen LogP contribution in [-0.2, 0) is 4.79 Å². The molecule has 4 nitrogen and oxygen atoms in total. The second kappa shape index (κ2) is 3.67. The summed E-state index contributed by atoms with van der Waals surface area (Å²) in [6.07, 6.45) is 0. The van der Waals surface area contributed by atoms with Gasteiger partial charge in [0.15, 0.2) is 11.5 Å². The van der Waals surface area contributed by atoms with Crippen LogP contribution in [0.15, 0.2) is 24.3 Å². The second-order valence-corrected chi connectivity index (χ2v) is 3.03. The van der Waals surface area contributed by atoms with E-state index in [0.29, 0.717) is 18.0 Å². The van der Waals surface area contributed by atoms with Crippen LogP contribution in [0.5, 0.6) is 11.5 Å². The van der Waals surface area contributed by atoms with E-state index in [4.69, 9.17) is 9.47 Å². The van der Waals surface area contributed by atoms with Gasteiger partial charge in [-0.3, -0.25) is 0 Å². The zero-order chi connectivity index (χ0) is 9.97. The van der Waals surface area contributed by atoms with Gasteiger partial charge < -0.3 is 14.8 Å². The molecule has 0 spiro atoms. The van der Waals surface area contributed by atoms with Gasteiger partial charge >= 0.3 is 5.97 Å². The van der Waals surface area contributed by atoms with E-state index in [9.17, 15) is 4.79 Å². The highest BCUT2D eigenvalue weighted by atomic mass is 16.6. The third kappa shape index (κ3) is 1.85. The molecule has 4 heteroatoms. The maximum absolute atomic E-state index is 11.3. The van der Waals surface area contributed by atoms with E-state index in [2.05, 4.69) is 5.32 Å². The summed E-state index contributed by atoms with van der Waals surface area (Å²) in [5, 5.41) is 2.88. The van der Waals surface area contributed by atoms with Gasteiger partial charge in [0.2, 0.25) is 0 Å². The molecule has 0 aromatic heterocycles. The minimum atomic E-state index is -0.255. The largest absolute Gasteiger partial charge is 0.493 e. The highest BCUT2D eigenvalue weighted by Gasteiger charge is 2.31. The van der Waals surface area contributed by atoms with Gasteiger partial charge in [0.1, 0.15) is 6.04 Å². The minimum Gasteiger partial charge on any atom is -0.493 e. The lowest BCUT2D eigenvalue weighted by atomic mass is 10.3. The van der Waals surface area contributed by atoms with Crippen molar-refractivity contribution in [2.24, 2.45) is 0 Å². The van der Waals surface area contributed by atoms with Gasteiger partial charge in [-0.05, 0) is 12.1 Å². The first-order valence-corrected chi connectivity index (χ1v) is 4.39. The van der Waals surface area contributed by atoms with Crippen molar-refractivity contribution >= 4 is 5.97 Å². The molecule has 74 valence electrons. The normalized spacial score (nSPS) is 18.8. The Morgan fingerprint density at radius 2 is 2.07 bits per heavy atom. The molecular formula is C10H11NO3. The van der Waals surface area contributed by atoms with E-state index in [1.165, 1.54) is 0 Å². The Bertz CT molecular complexity index is 347. The van der Waals surface area contributed by atoms with Gasteiger partial charge in [-0.1, -0.05) is 12.1 Å². The molecule has 14 heavy (non-hydrogen) atoms. The van der Waals surface area contributed by atoms with Crippen molar-refractivity contribution in [1.29, 1.82) is 0 Å². The molecule has 0 saturated carbocycles. The molecule has 2 rings (SSSR count). The van der Waals surface area contributed by atoms with E-state index >= 15 is 0 Å². The fraction of sp³-hybridized carbons (Fsp3) is 0.300. The number of para-hydroxylation sites is 2. The smallest absolute Gasteiger partial charge is 0.329 e. The number of carbonyl (C=O) groups excluding carboxylic acids is 1. The van der Waals surface area contributed by atoms with Crippen LogP contribution in [0.1, 0.15) is 0 Å². The van der Waals surface area contributed by atoms with Crippen LogP contribution in [0.4, 0.5) is 0 Å². The summed E-state index contributed by atoms with van der Waals surface area (Å²) in [5.41, 5.74) is 0. The van der Waals surface area contributed by atoms with Crippen LogP contribution in [0.25, 0.3) is 0 Å². The SMILES string of the molecule is COc1ccccc1OC(=O)C1CN1. The molecule has 0 bridgehead atoms. The van der Waals surface area contributed by atoms with Gasteiger partial charge in [0, 0.05) is 6.54 Å². The third-order valence-corrected chi connectivity index (χ3v) is 1.97. The molecule has 0 aliphatic carbocycles. The molecule has 1 unspecified atom stereocenters. The van der Waals surface area contributed by atoms with E-state index < -0.39 is 0 Å². The lowest BCUT2D eigenvalue weighted by molar-refractivity contribution is -0.133. The van der Waals surface area contributed by atoms with Crippen LogP contribution in [0, 0.1) is 0 Å². The van der Waals surface area contributed by atoms with Gasteiger partial charge in [-0.25, -0.2) is 4.79 Å². The summed E-state index contributed by atoms with van der Waals surface area (Å²) >= 11 is 0. The third-order valence-electron chi connectivity index (χ3n) is 1.97. The number of methoxy groups -OCH3 is 1. The lowest BCUT2D eigenvalue weighted by Gasteiger charge is -2.07. The Morgan fingerprint density at radius 1 is 1.43 bits per heavy atom. The summed E-state index contributed by atoms with van der Waals surface area (Å²) in [5.74, 6) is 0.782. The van der Waals surface area contributed by atoms with Crippen molar-refractivity contribution in [3.63, 3.8) is 0 Å². The van der Waals surface area contributed by atoms with Crippen LogP contribution in [-0.4, -0.2) is 25.7 Å². The van der Waals surface area contributed by atoms with Crippen molar-refractivity contribution < 1.29 is 14.3 Å². The van der Waals surface area contributed by atoms with Crippen molar-refractivity contribution in [2.45, 2.75) is 6.04 Å². The summed E-state index contributed by atoms with van der Waals surface area (Å²) in [7, 11) is 1.54. The number of esters is 1. The van der Waals surface area contributed by atoms with E-state index in [1.807, 2.05) is 6.07 Å². The fourth-order valence-corrected chi connectivity index (χ4v) is 1.11. The van der Waals surface area contributed by atoms with Crippen LogP contribution in [0.2, 0.25) is 0 Å². The molecule has 0 radical (unpaired) electrons. The molecule has 1 aliphatic heterocycles. The van der Waals surface area contributed by atoms with E-state index in [-0.39, 0.29) is 12.0 Å². The predicted octanol–water partition coefficient (Wildman–Crippen LogP) is 0.572. The van der Waals surface area contributed by atoms with Gasteiger partial charge in [-0.15, -0.1) is 0 Å². The Kier molecular flexibility index (Phi) is 2.37. The zero-order valence-electron chi connectivity index (χ0n) is 7.82. The molecule has 1 N–H and O–H groups in total. The number of hydrogen-bond donors (Lipinski definition) is 1. The molecular weight excluding hydrogens is 182 g/mol. The molecule has 1 saturated heterocycles. The zero-order valence-corrected chi connectivity index (χ0v) is 7.82. The quantitative estimate of drug-likeness (QED) is 0.433. The fourth-order valence-electron chi connectivity index (χ4n) is 1.11. The van der Waals surface area contributed by atoms with E-state index in [0.717, 1.165) is 0 Å². The second-order valence-electron chi connectivity index (χ2n) is 3.03. The Hall–Kier alpha value is -1.55. The predicted molar refractivity (Wildman–Crippen MR) is 50.4 cm³/mol. The van der Waals surface area contributed by atoms with Crippen molar-refractivity contribution in [3.8, 4) is 11.5 Å². The Balaban J connectivity index is 2.10. The molecule has 0 amide bonds. The maximum atomic E-state index is 11.3. The number of benzene rings is 1. The number of ether oxygens (including phenoxy) is 2. The van der Waals surface area contributed by atoms with Gasteiger partial charge in [-0.2, -0.15) is 0 Å². The number of hydrogen-bond acceptors (Lipinski definition) is 4. The Labute approximate surface area is 81.8 Å². The standard InChI is InChI=1S/C10H11NO3/c1-13-8-4-2-3-5-9(8)14-10(12)7-6-11-7/h2-5,7,11H,6H2,1H3. The summed E-state index contributed by atoms with van der Waals surface area (Å²) in [6, 6.07) is 6.94. The average molecular weight is 193 g/mol. The first-order valence-electron chi connectivity index (χ1n) is 4.39. The van der Waals surface area contributed by atoms with Gasteiger partial charge in [0.05, 0.1) is 7.11 Å². The monoisotopic (exact) mass is 193 g/mol. The van der Waals surface area contributed by atoms with Crippen LogP contribution < -0.4 is 14.8 Å². The van der Waals surface area contributed by atoms with Crippen molar-refractivity contribution in [3.05, 3.63) is 24.3 Å². The highest BCUT2D eigenvalue weighted by molar-refractivity contribution is 5.81. The van der Waals surface area contributed by atoms with Gasteiger partial charge in [0.25, 0.3) is 0 Å². The number of rotatable bonds is 3. The summed E-state index contributed by atoms with van der Waals surface area (Å²) in [4.78, 5) is 11.3.